The third-order valence-corrected chi connectivity index (χ3v) is 5.73. The topological polar surface area (TPSA) is 124 Å². The molecule has 0 fully saturated rings. The van der Waals surface area contributed by atoms with Gasteiger partial charge in [0.2, 0.25) is 5.88 Å². The summed E-state index contributed by atoms with van der Waals surface area (Å²) in [7, 11) is 0.685. The maximum absolute atomic E-state index is 12.6. The molecule has 32 heavy (non-hydrogen) atoms. The summed E-state index contributed by atoms with van der Waals surface area (Å²) in [6.45, 7) is 0. The summed E-state index contributed by atoms with van der Waals surface area (Å²) in [5, 5.41) is 6.35. The lowest BCUT2D eigenvalue weighted by molar-refractivity contribution is 0.355. The molecule has 2 aromatic carbocycles. The van der Waals surface area contributed by atoms with E-state index in [0.29, 0.717) is 28.0 Å². The molecule has 0 saturated heterocycles. The van der Waals surface area contributed by atoms with Gasteiger partial charge >= 0.3 is 0 Å². The van der Waals surface area contributed by atoms with Crippen molar-refractivity contribution in [2.45, 2.75) is 4.90 Å². The van der Waals surface area contributed by atoms with Crippen LogP contribution in [0, 0.1) is 0 Å². The van der Waals surface area contributed by atoms with E-state index in [1.165, 1.54) is 31.6 Å². The van der Waals surface area contributed by atoms with Crippen LogP contribution in [-0.2, 0) is 10.0 Å². The van der Waals surface area contributed by atoms with Crippen molar-refractivity contribution in [3.05, 3.63) is 54.9 Å². The molecule has 0 atom stereocenters. The molecule has 168 valence electrons. The van der Waals surface area contributed by atoms with Gasteiger partial charge in [-0.15, -0.1) is 0 Å². The minimum atomic E-state index is -3.84. The third-order valence-electron chi connectivity index (χ3n) is 4.15. The number of thiocarbonyl (C=S) groups is 1. The molecule has 0 saturated carbocycles. The van der Waals surface area contributed by atoms with Gasteiger partial charge in [0, 0.05) is 23.5 Å². The zero-order valence-corrected chi connectivity index (χ0v) is 19.1. The van der Waals surface area contributed by atoms with E-state index in [4.69, 9.17) is 26.4 Å². The smallest absolute Gasteiger partial charge is 0.263 e. The number of sulfonamides is 1. The van der Waals surface area contributed by atoms with Gasteiger partial charge < -0.3 is 24.8 Å². The highest BCUT2D eigenvalue weighted by Gasteiger charge is 2.15. The molecule has 0 aliphatic heterocycles. The number of aromatic nitrogens is 2. The lowest BCUT2D eigenvalue weighted by atomic mass is 10.2. The van der Waals surface area contributed by atoms with Crippen molar-refractivity contribution in [2.24, 2.45) is 0 Å². The van der Waals surface area contributed by atoms with Crippen molar-refractivity contribution in [3.8, 4) is 17.4 Å². The highest BCUT2D eigenvalue weighted by Crippen LogP contribution is 2.29. The standard InChI is InChI=1S/C20H21N5O5S2/c1-28-16-9-6-14(10-17(16)29-2)24-20(31)23-13-4-7-15(8-5-13)32(26,27)25-18-11-19(30-3)22-12-21-18/h4-12H,1-3H3,(H,21,22,25)(H2,23,24,31). The summed E-state index contributed by atoms with van der Waals surface area (Å²) < 4.78 is 43.0. The van der Waals surface area contributed by atoms with Gasteiger partial charge in [0.25, 0.3) is 10.0 Å². The van der Waals surface area contributed by atoms with Crippen LogP contribution in [0.3, 0.4) is 0 Å². The Morgan fingerprint density at radius 1 is 0.844 bits per heavy atom. The average Bonchev–Trinajstić information content (AvgIpc) is 2.79. The van der Waals surface area contributed by atoms with Crippen LogP contribution >= 0.6 is 12.2 Å². The number of nitrogens with zero attached hydrogens (tertiary/aromatic N) is 2. The van der Waals surface area contributed by atoms with Crippen molar-refractivity contribution >= 4 is 44.5 Å². The van der Waals surface area contributed by atoms with Gasteiger partial charge in [-0.2, -0.15) is 0 Å². The number of hydrogen-bond donors (Lipinski definition) is 3. The lowest BCUT2D eigenvalue weighted by Gasteiger charge is -2.13. The Labute approximate surface area is 191 Å². The molecule has 3 N–H and O–H groups in total. The number of ether oxygens (including phenoxy) is 3. The maximum Gasteiger partial charge on any atom is 0.263 e. The maximum atomic E-state index is 12.6. The molecule has 3 aromatic rings. The normalized spacial score (nSPS) is 10.7. The number of hydrogen-bond acceptors (Lipinski definition) is 8. The zero-order chi connectivity index (χ0) is 23.1. The summed E-state index contributed by atoms with van der Waals surface area (Å²) in [6.07, 6.45) is 1.20. The Hall–Kier alpha value is -3.64. The van der Waals surface area contributed by atoms with Crippen LogP contribution in [0.5, 0.6) is 17.4 Å². The Morgan fingerprint density at radius 3 is 2.16 bits per heavy atom. The van der Waals surface area contributed by atoms with Crippen molar-refractivity contribution in [2.75, 3.05) is 36.7 Å². The first-order chi connectivity index (χ1) is 15.3. The first-order valence-corrected chi connectivity index (χ1v) is 11.0. The fraction of sp³-hybridized carbons (Fsp3) is 0.150. The largest absolute Gasteiger partial charge is 0.493 e. The first kappa shape index (κ1) is 23.0. The molecule has 0 radical (unpaired) electrons. The molecule has 0 aliphatic rings. The van der Waals surface area contributed by atoms with Gasteiger partial charge in [-0.25, -0.2) is 18.4 Å². The average molecular weight is 476 g/mol. The Balaban J connectivity index is 1.65. The van der Waals surface area contributed by atoms with Crippen LogP contribution in [0.15, 0.2) is 59.8 Å². The summed E-state index contributed by atoms with van der Waals surface area (Å²) in [4.78, 5) is 7.78. The molecule has 0 unspecified atom stereocenters. The second-order valence-corrected chi connectivity index (χ2v) is 8.32. The van der Waals surface area contributed by atoms with Crippen LogP contribution in [-0.4, -0.2) is 44.8 Å². The van der Waals surface area contributed by atoms with Gasteiger partial charge in [-0.05, 0) is 48.6 Å². The number of rotatable bonds is 8. The van der Waals surface area contributed by atoms with E-state index in [1.54, 1.807) is 44.6 Å². The van der Waals surface area contributed by atoms with Crippen LogP contribution in [0.1, 0.15) is 0 Å². The van der Waals surface area contributed by atoms with Gasteiger partial charge in [0.1, 0.15) is 12.1 Å². The van der Waals surface area contributed by atoms with E-state index in [1.807, 2.05) is 0 Å². The van der Waals surface area contributed by atoms with Crippen molar-refractivity contribution in [3.63, 3.8) is 0 Å². The molecule has 1 aromatic heterocycles. The van der Waals surface area contributed by atoms with Gasteiger partial charge in [0.15, 0.2) is 16.6 Å². The predicted octanol–water partition coefficient (Wildman–Crippen LogP) is 3.11. The molecule has 0 bridgehead atoms. The zero-order valence-electron chi connectivity index (χ0n) is 17.4. The molecular weight excluding hydrogens is 454 g/mol. The van der Waals surface area contributed by atoms with E-state index in [9.17, 15) is 8.42 Å². The molecule has 0 amide bonds. The van der Waals surface area contributed by atoms with Crippen LogP contribution < -0.4 is 29.6 Å². The Kier molecular flexibility index (Phi) is 7.28. The van der Waals surface area contributed by atoms with E-state index in [2.05, 4.69) is 25.3 Å². The Morgan fingerprint density at radius 2 is 1.50 bits per heavy atom. The van der Waals surface area contributed by atoms with Crippen LogP contribution in [0.4, 0.5) is 17.2 Å². The molecule has 0 aliphatic carbocycles. The molecule has 10 nitrogen and oxygen atoms in total. The molecule has 0 spiro atoms. The lowest BCUT2D eigenvalue weighted by Crippen LogP contribution is -2.19. The highest BCUT2D eigenvalue weighted by molar-refractivity contribution is 7.92. The molecular formula is C20H21N5O5S2. The second-order valence-electron chi connectivity index (χ2n) is 6.22. The number of benzene rings is 2. The van der Waals surface area contributed by atoms with E-state index in [0.717, 1.165) is 0 Å². The predicted molar refractivity (Wildman–Crippen MR) is 125 cm³/mol. The quantitative estimate of drug-likeness (QED) is 0.419. The molecule has 12 heteroatoms. The SMILES string of the molecule is COc1cc(NS(=O)(=O)c2ccc(NC(=S)Nc3ccc(OC)c(OC)c3)cc2)ncn1. The monoisotopic (exact) mass is 475 g/mol. The van der Waals surface area contributed by atoms with Gasteiger partial charge in [-0.3, -0.25) is 4.72 Å². The van der Waals surface area contributed by atoms with Crippen molar-refractivity contribution in [1.29, 1.82) is 0 Å². The molecule has 3 rings (SSSR count). The highest BCUT2D eigenvalue weighted by atomic mass is 32.2. The summed E-state index contributed by atoms with van der Waals surface area (Å²) in [5.41, 5.74) is 1.30. The number of methoxy groups -OCH3 is 3. The number of nitrogens with one attached hydrogen (secondary N) is 3. The van der Waals surface area contributed by atoms with Crippen LogP contribution in [0.25, 0.3) is 0 Å². The second kappa shape index (κ2) is 10.1. The van der Waals surface area contributed by atoms with Crippen molar-refractivity contribution < 1.29 is 22.6 Å². The van der Waals surface area contributed by atoms with E-state index >= 15 is 0 Å². The minimum Gasteiger partial charge on any atom is -0.493 e. The van der Waals surface area contributed by atoms with Crippen LogP contribution in [0.2, 0.25) is 0 Å². The Bertz CT molecular complexity index is 1200. The fourth-order valence-electron chi connectivity index (χ4n) is 2.63. The van der Waals surface area contributed by atoms with Gasteiger partial charge in [-0.1, -0.05) is 0 Å². The summed E-state index contributed by atoms with van der Waals surface area (Å²) in [6, 6.07) is 12.8. The third kappa shape index (κ3) is 5.74. The van der Waals surface area contributed by atoms with Gasteiger partial charge in [0.05, 0.1) is 26.2 Å². The fourth-order valence-corrected chi connectivity index (χ4v) is 3.86. The first-order valence-electron chi connectivity index (χ1n) is 9.13. The van der Waals surface area contributed by atoms with E-state index in [-0.39, 0.29) is 16.6 Å². The summed E-state index contributed by atoms with van der Waals surface area (Å²) in [5.74, 6) is 1.50. The van der Waals surface area contributed by atoms with Crippen molar-refractivity contribution in [1.82, 2.24) is 9.97 Å². The summed E-state index contributed by atoms with van der Waals surface area (Å²) >= 11 is 5.32. The number of anilines is 3. The molecule has 1 heterocycles. The minimum absolute atomic E-state index is 0.0550. The van der Waals surface area contributed by atoms with E-state index < -0.39 is 10.0 Å².